The van der Waals surface area contributed by atoms with Gasteiger partial charge in [0.15, 0.2) is 0 Å². The number of benzene rings is 1. The van der Waals surface area contributed by atoms with E-state index in [4.69, 9.17) is 4.74 Å². The highest BCUT2D eigenvalue weighted by Crippen LogP contribution is 2.17. The highest BCUT2D eigenvalue weighted by atomic mass is 16.5. The molecule has 5 nitrogen and oxygen atoms in total. The van der Waals surface area contributed by atoms with Crippen LogP contribution in [0.15, 0.2) is 30.3 Å². The van der Waals surface area contributed by atoms with Crippen LogP contribution in [-0.4, -0.2) is 39.2 Å². The number of hydrogen-bond donors (Lipinski definition) is 0. The van der Waals surface area contributed by atoms with Gasteiger partial charge in [-0.15, -0.1) is 0 Å². The molecule has 18 heavy (non-hydrogen) atoms. The maximum atomic E-state index is 11.7. The largest absolute Gasteiger partial charge is 0.469 e. The van der Waals surface area contributed by atoms with Crippen LogP contribution in [-0.2, 0) is 19.1 Å². The average molecular weight is 251 g/mol. The third kappa shape index (κ3) is 3.48. The molecule has 0 saturated carbocycles. The minimum Gasteiger partial charge on any atom is -0.469 e. The molecule has 1 rings (SSSR count). The van der Waals surface area contributed by atoms with Crippen LogP contribution in [0.2, 0.25) is 0 Å². The molecule has 0 aliphatic heterocycles. The summed E-state index contributed by atoms with van der Waals surface area (Å²) in [5.41, 5.74) is 0.830. The molecular formula is C13H17NO4. The fourth-order valence-electron chi connectivity index (χ4n) is 1.60. The maximum absolute atomic E-state index is 11.7. The van der Waals surface area contributed by atoms with Gasteiger partial charge in [0.1, 0.15) is 6.04 Å². The Bertz CT molecular complexity index is 405. The summed E-state index contributed by atoms with van der Waals surface area (Å²) in [5, 5.41) is 0. The van der Waals surface area contributed by atoms with E-state index in [2.05, 4.69) is 4.74 Å². The Morgan fingerprint density at radius 1 is 1.17 bits per heavy atom. The van der Waals surface area contributed by atoms with E-state index in [0.717, 1.165) is 5.69 Å². The fraction of sp³-hybridized carbons (Fsp3) is 0.385. The van der Waals surface area contributed by atoms with Crippen LogP contribution in [0.25, 0.3) is 0 Å². The molecule has 0 aliphatic rings. The Morgan fingerprint density at radius 3 is 2.28 bits per heavy atom. The molecule has 0 saturated heterocycles. The second-order valence-electron chi connectivity index (χ2n) is 3.77. The normalized spacial score (nSPS) is 11.5. The first-order chi connectivity index (χ1) is 8.60. The lowest BCUT2D eigenvalue weighted by Gasteiger charge is -2.27. The first kappa shape index (κ1) is 14.0. The van der Waals surface area contributed by atoms with Gasteiger partial charge in [-0.1, -0.05) is 18.2 Å². The minimum atomic E-state index is -0.690. The number of hydrogen-bond acceptors (Lipinski definition) is 5. The molecule has 0 fully saturated rings. The van der Waals surface area contributed by atoms with Gasteiger partial charge in [0.2, 0.25) is 0 Å². The third-order valence-corrected chi connectivity index (χ3v) is 2.69. The van der Waals surface area contributed by atoms with E-state index in [0.29, 0.717) is 0 Å². The first-order valence-electron chi connectivity index (χ1n) is 5.52. The van der Waals surface area contributed by atoms with Gasteiger partial charge in [0, 0.05) is 12.7 Å². The molecule has 0 amide bonds. The number of methoxy groups -OCH3 is 2. The number of ether oxygens (including phenoxy) is 2. The number of carbonyl (C=O) groups is 2. The van der Waals surface area contributed by atoms with Gasteiger partial charge in [-0.25, -0.2) is 4.79 Å². The maximum Gasteiger partial charge on any atom is 0.329 e. The summed E-state index contributed by atoms with van der Waals surface area (Å²) in [5.74, 6) is -0.917. The Labute approximate surface area is 106 Å². The van der Waals surface area contributed by atoms with Crippen molar-refractivity contribution < 1.29 is 19.1 Å². The molecule has 1 aromatic rings. The topological polar surface area (TPSA) is 55.8 Å². The zero-order chi connectivity index (χ0) is 13.5. The highest BCUT2D eigenvalue weighted by molar-refractivity contribution is 5.85. The van der Waals surface area contributed by atoms with Crippen molar-refractivity contribution in [3.05, 3.63) is 30.3 Å². The lowest BCUT2D eigenvalue weighted by atomic mass is 10.1. The van der Waals surface area contributed by atoms with E-state index in [9.17, 15) is 9.59 Å². The van der Waals surface area contributed by atoms with Gasteiger partial charge in [-0.05, 0) is 12.1 Å². The van der Waals surface area contributed by atoms with Crippen LogP contribution in [0.4, 0.5) is 5.69 Å². The number of nitrogens with zero attached hydrogens (tertiary/aromatic N) is 1. The molecule has 98 valence electrons. The van der Waals surface area contributed by atoms with Crippen LogP contribution >= 0.6 is 0 Å². The zero-order valence-corrected chi connectivity index (χ0v) is 10.8. The van der Waals surface area contributed by atoms with Crippen LogP contribution < -0.4 is 4.90 Å². The smallest absolute Gasteiger partial charge is 0.329 e. The summed E-state index contributed by atoms with van der Waals surface area (Å²) in [6.45, 7) is 0. The summed E-state index contributed by atoms with van der Waals surface area (Å²) >= 11 is 0. The lowest BCUT2D eigenvalue weighted by molar-refractivity contribution is -0.148. The van der Waals surface area contributed by atoms with Gasteiger partial charge in [-0.2, -0.15) is 0 Å². The summed E-state index contributed by atoms with van der Waals surface area (Å²) in [4.78, 5) is 24.7. The van der Waals surface area contributed by atoms with E-state index >= 15 is 0 Å². The van der Waals surface area contributed by atoms with Crippen molar-refractivity contribution in [3.8, 4) is 0 Å². The van der Waals surface area contributed by atoms with Crippen molar-refractivity contribution in [3.63, 3.8) is 0 Å². The molecule has 0 N–H and O–H groups in total. The molecule has 1 aromatic carbocycles. The van der Waals surface area contributed by atoms with E-state index in [1.165, 1.54) is 14.2 Å². The predicted molar refractivity (Wildman–Crippen MR) is 67.3 cm³/mol. The molecule has 1 atom stereocenters. The molecular weight excluding hydrogens is 234 g/mol. The first-order valence-corrected chi connectivity index (χ1v) is 5.52. The molecule has 0 unspecified atom stereocenters. The number of esters is 2. The Morgan fingerprint density at radius 2 is 1.78 bits per heavy atom. The fourth-order valence-corrected chi connectivity index (χ4v) is 1.60. The Kier molecular flexibility index (Phi) is 5.17. The van der Waals surface area contributed by atoms with Gasteiger partial charge in [0.05, 0.1) is 20.6 Å². The van der Waals surface area contributed by atoms with Crippen molar-refractivity contribution >= 4 is 17.6 Å². The van der Waals surface area contributed by atoms with Crippen molar-refractivity contribution in [2.24, 2.45) is 0 Å². The van der Waals surface area contributed by atoms with Crippen molar-refractivity contribution in [2.45, 2.75) is 12.5 Å². The van der Waals surface area contributed by atoms with Gasteiger partial charge < -0.3 is 14.4 Å². The van der Waals surface area contributed by atoms with Gasteiger partial charge in [-0.3, -0.25) is 4.79 Å². The molecule has 0 aliphatic carbocycles. The summed E-state index contributed by atoms with van der Waals surface area (Å²) in [6.07, 6.45) is -0.0471. The number of carbonyl (C=O) groups excluding carboxylic acids is 2. The number of para-hydroxylation sites is 1. The Balaban J connectivity index is 2.89. The van der Waals surface area contributed by atoms with Crippen molar-refractivity contribution in [1.82, 2.24) is 0 Å². The summed E-state index contributed by atoms with van der Waals surface area (Å²) in [6, 6.07) is 8.62. The second-order valence-corrected chi connectivity index (χ2v) is 3.77. The minimum absolute atomic E-state index is 0.0471. The summed E-state index contributed by atoms with van der Waals surface area (Å²) in [7, 11) is 4.32. The summed E-state index contributed by atoms with van der Waals surface area (Å²) < 4.78 is 9.30. The van der Waals surface area contributed by atoms with Crippen LogP contribution in [0, 0.1) is 0 Å². The monoisotopic (exact) mass is 251 g/mol. The van der Waals surface area contributed by atoms with E-state index in [-0.39, 0.29) is 6.42 Å². The second kappa shape index (κ2) is 6.64. The highest BCUT2D eigenvalue weighted by Gasteiger charge is 2.27. The number of likely N-dealkylation sites (N-methyl/N-ethyl adjacent to an activating group) is 1. The third-order valence-electron chi connectivity index (χ3n) is 2.69. The van der Waals surface area contributed by atoms with Gasteiger partial charge >= 0.3 is 11.9 Å². The van der Waals surface area contributed by atoms with E-state index < -0.39 is 18.0 Å². The molecule has 0 spiro atoms. The standard InChI is InChI=1S/C13H17NO4/c1-14(10-7-5-4-6-8-10)11(13(16)18-3)9-12(15)17-2/h4-8,11H,9H2,1-3H3/t11-/m0/s1. The van der Waals surface area contributed by atoms with E-state index in [1.807, 2.05) is 30.3 Å². The molecule has 5 heteroatoms. The lowest BCUT2D eigenvalue weighted by Crippen LogP contribution is -2.41. The number of anilines is 1. The SMILES string of the molecule is COC(=O)C[C@@H](C(=O)OC)N(C)c1ccccc1. The van der Waals surface area contributed by atoms with Crippen molar-refractivity contribution in [2.75, 3.05) is 26.2 Å². The molecule has 0 heterocycles. The van der Waals surface area contributed by atoms with Crippen molar-refractivity contribution in [1.29, 1.82) is 0 Å². The van der Waals surface area contributed by atoms with Crippen LogP contribution in [0.1, 0.15) is 6.42 Å². The average Bonchev–Trinajstić information content (AvgIpc) is 2.43. The quantitative estimate of drug-likeness (QED) is 0.737. The van der Waals surface area contributed by atoms with Crippen LogP contribution in [0.3, 0.4) is 0 Å². The predicted octanol–water partition coefficient (Wildman–Crippen LogP) is 1.23. The van der Waals surface area contributed by atoms with Crippen LogP contribution in [0.5, 0.6) is 0 Å². The Hall–Kier alpha value is -2.04. The number of rotatable bonds is 5. The van der Waals surface area contributed by atoms with E-state index in [1.54, 1.807) is 11.9 Å². The van der Waals surface area contributed by atoms with Gasteiger partial charge in [0.25, 0.3) is 0 Å². The molecule has 0 aromatic heterocycles. The molecule has 0 bridgehead atoms. The molecule has 0 radical (unpaired) electrons. The zero-order valence-electron chi connectivity index (χ0n) is 10.8.